The Balaban J connectivity index is 2.24. The van der Waals surface area contributed by atoms with Gasteiger partial charge in [0, 0.05) is 0 Å². The average Bonchev–Trinajstić information content (AvgIpc) is 2.79. The molecule has 0 radical (unpaired) electrons. The molecule has 1 aromatic heterocycles. The van der Waals surface area contributed by atoms with Crippen LogP contribution in [0.25, 0.3) is 0 Å². The Morgan fingerprint density at radius 1 is 1.20 bits per heavy atom. The van der Waals surface area contributed by atoms with Crippen molar-refractivity contribution in [3.05, 3.63) is 48.4 Å². The lowest BCUT2D eigenvalue weighted by molar-refractivity contribution is 0.416. The minimum atomic E-state index is 0.723. The molecule has 76 valence electrons. The number of benzene rings is 1. The number of rotatable bonds is 3. The Labute approximate surface area is 88.0 Å². The van der Waals surface area contributed by atoms with E-state index in [2.05, 4.69) is 4.99 Å². The van der Waals surface area contributed by atoms with Crippen LogP contribution in [0.4, 0.5) is 5.69 Å². The van der Waals surface area contributed by atoms with Gasteiger partial charge in [0.1, 0.15) is 17.2 Å². The molecule has 0 atom stereocenters. The third-order valence-corrected chi connectivity index (χ3v) is 1.96. The molecule has 0 N–H and O–H groups in total. The van der Waals surface area contributed by atoms with E-state index in [4.69, 9.17) is 9.15 Å². The van der Waals surface area contributed by atoms with Gasteiger partial charge in [-0.2, -0.15) is 0 Å². The summed E-state index contributed by atoms with van der Waals surface area (Å²) in [5.74, 6) is 1.47. The van der Waals surface area contributed by atoms with Gasteiger partial charge < -0.3 is 9.15 Å². The summed E-state index contributed by atoms with van der Waals surface area (Å²) in [4.78, 5) is 4.28. The molecule has 1 aromatic carbocycles. The lowest BCUT2D eigenvalue weighted by Gasteiger charge is -2.01. The van der Waals surface area contributed by atoms with E-state index in [-0.39, 0.29) is 0 Å². The predicted octanol–water partition coefficient (Wildman–Crippen LogP) is 3.04. The van der Waals surface area contributed by atoms with Crippen molar-refractivity contribution in [2.45, 2.75) is 0 Å². The molecule has 0 spiro atoms. The van der Waals surface area contributed by atoms with Crippen molar-refractivity contribution in [3.63, 3.8) is 0 Å². The SMILES string of the molecule is COc1ccccc1N=Cc1ccco1. The van der Waals surface area contributed by atoms with Crippen molar-refractivity contribution < 1.29 is 9.15 Å². The summed E-state index contributed by atoms with van der Waals surface area (Å²) < 4.78 is 10.3. The predicted molar refractivity (Wildman–Crippen MR) is 59.0 cm³/mol. The number of hydrogen-bond donors (Lipinski definition) is 0. The van der Waals surface area contributed by atoms with Crippen molar-refractivity contribution in [2.75, 3.05) is 7.11 Å². The van der Waals surface area contributed by atoms with E-state index < -0.39 is 0 Å². The molecule has 0 saturated heterocycles. The van der Waals surface area contributed by atoms with Crippen LogP contribution in [0.3, 0.4) is 0 Å². The largest absolute Gasteiger partial charge is 0.494 e. The summed E-state index contributed by atoms with van der Waals surface area (Å²) in [6.45, 7) is 0. The van der Waals surface area contributed by atoms with Gasteiger partial charge in [0.25, 0.3) is 0 Å². The zero-order valence-electron chi connectivity index (χ0n) is 8.38. The Bertz CT molecular complexity index is 446. The van der Waals surface area contributed by atoms with Crippen molar-refractivity contribution in [1.82, 2.24) is 0 Å². The molecule has 3 heteroatoms. The molecular weight excluding hydrogens is 190 g/mol. The van der Waals surface area contributed by atoms with Crippen LogP contribution in [0.2, 0.25) is 0 Å². The Kier molecular flexibility index (Phi) is 2.83. The van der Waals surface area contributed by atoms with Gasteiger partial charge in [0.15, 0.2) is 0 Å². The summed E-state index contributed by atoms with van der Waals surface area (Å²) in [7, 11) is 1.63. The smallest absolute Gasteiger partial charge is 0.144 e. The van der Waals surface area contributed by atoms with Crippen LogP contribution in [-0.2, 0) is 0 Å². The average molecular weight is 201 g/mol. The molecule has 15 heavy (non-hydrogen) atoms. The van der Waals surface area contributed by atoms with Crippen molar-refractivity contribution >= 4 is 11.9 Å². The second kappa shape index (κ2) is 4.46. The maximum atomic E-state index is 5.17. The summed E-state index contributed by atoms with van der Waals surface area (Å²) in [5, 5.41) is 0. The van der Waals surface area contributed by atoms with E-state index in [9.17, 15) is 0 Å². The molecule has 0 aliphatic heterocycles. The summed E-state index contributed by atoms with van der Waals surface area (Å²) in [6.07, 6.45) is 3.28. The fourth-order valence-corrected chi connectivity index (χ4v) is 1.23. The normalized spacial score (nSPS) is 10.7. The lowest BCUT2D eigenvalue weighted by Crippen LogP contribution is -1.82. The second-order valence-electron chi connectivity index (χ2n) is 2.95. The van der Waals surface area contributed by atoms with Gasteiger partial charge in [0.2, 0.25) is 0 Å². The monoisotopic (exact) mass is 201 g/mol. The van der Waals surface area contributed by atoms with E-state index in [1.807, 2.05) is 36.4 Å². The van der Waals surface area contributed by atoms with Gasteiger partial charge in [-0.15, -0.1) is 0 Å². The molecule has 3 nitrogen and oxygen atoms in total. The summed E-state index contributed by atoms with van der Waals surface area (Å²) >= 11 is 0. The molecule has 2 rings (SSSR count). The van der Waals surface area contributed by atoms with Crippen molar-refractivity contribution in [2.24, 2.45) is 4.99 Å². The number of methoxy groups -OCH3 is 1. The van der Waals surface area contributed by atoms with Crippen LogP contribution in [0.15, 0.2) is 52.1 Å². The number of furan rings is 1. The van der Waals surface area contributed by atoms with Gasteiger partial charge in [-0.1, -0.05) is 12.1 Å². The molecule has 2 aromatic rings. The van der Waals surface area contributed by atoms with E-state index in [1.54, 1.807) is 19.6 Å². The molecule has 0 amide bonds. The number of aliphatic imine (C=N–C) groups is 1. The van der Waals surface area contributed by atoms with Gasteiger partial charge in [0.05, 0.1) is 19.6 Å². The van der Waals surface area contributed by atoms with Crippen molar-refractivity contribution in [3.8, 4) is 5.75 Å². The highest BCUT2D eigenvalue weighted by Crippen LogP contribution is 2.25. The molecule has 1 heterocycles. The van der Waals surface area contributed by atoms with E-state index in [1.165, 1.54) is 0 Å². The first-order valence-electron chi connectivity index (χ1n) is 4.61. The maximum absolute atomic E-state index is 5.17. The van der Waals surface area contributed by atoms with Crippen molar-refractivity contribution in [1.29, 1.82) is 0 Å². The third-order valence-electron chi connectivity index (χ3n) is 1.96. The Hall–Kier alpha value is -2.03. The van der Waals surface area contributed by atoms with Crippen LogP contribution in [0, 0.1) is 0 Å². The number of ether oxygens (including phenoxy) is 1. The third kappa shape index (κ3) is 2.26. The van der Waals surface area contributed by atoms with E-state index in [0.29, 0.717) is 0 Å². The fraction of sp³-hybridized carbons (Fsp3) is 0.0833. The Morgan fingerprint density at radius 2 is 2.07 bits per heavy atom. The zero-order chi connectivity index (χ0) is 10.5. The van der Waals surface area contributed by atoms with E-state index >= 15 is 0 Å². The fourth-order valence-electron chi connectivity index (χ4n) is 1.23. The highest BCUT2D eigenvalue weighted by atomic mass is 16.5. The highest BCUT2D eigenvalue weighted by Gasteiger charge is 1.98. The van der Waals surface area contributed by atoms with Crippen LogP contribution < -0.4 is 4.74 Å². The molecule has 0 fully saturated rings. The topological polar surface area (TPSA) is 34.7 Å². The summed E-state index contributed by atoms with van der Waals surface area (Å²) in [6, 6.07) is 11.2. The highest BCUT2D eigenvalue weighted by molar-refractivity contribution is 5.79. The quantitative estimate of drug-likeness (QED) is 0.715. The minimum absolute atomic E-state index is 0.723. The first-order chi connectivity index (χ1) is 7.40. The molecule has 0 aliphatic rings. The number of nitrogens with zero attached hydrogens (tertiary/aromatic N) is 1. The molecule has 0 unspecified atom stereocenters. The van der Waals surface area contributed by atoms with Crippen LogP contribution >= 0.6 is 0 Å². The van der Waals surface area contributed by atoms with Gasteiger partial charge in [-0.05, 0) is 24.3 Å². The second-order valence-corrected chi connectivity index (χ2v) is 2.95. The van der Waals surface area contributed by atoms with Gasteiger partial charge in [-0.3, -0.25) is 0 Å². The zero-order valence-corrected chi connectivity index (χ0v) is 8.38. The summed E-state index contributed by atoms with van der Waals surface area (Å²) in [5.41, 5.74) is 0.788. The van der Waals surface area contributed by atoms with Crippen LogP contribution in [-0.4, -0.2) is 13.3 Å². The molecular formula is C12H11NO2. The number of hydrogen-bond acceptors (Lipinski definition) is 3. The molecule has 0 bridgehead atoms. The first kappa shape index (κ1) is 9.52. The Morgan fingerprint density at radius 3 is 2.73 bits per heavy atom. The van der Waals surface area contributed by atoms with Crippen LogP contribution in [0.1, 0.15) is 5.76 Å². The maximum Gasteiger partial charge on any atom is 0.144 e. The van der Waals surface area contributed by atoms with Gasteiger partial charge >= 0.3 is 0 Å². The molecule has 0 aliphatic carbocycles. The number of para-hydroxylation sites is 2. The first-order valence-corrected chi connectivity index (χ1v) is 4.61. The minimum Gasteiger partial charge on any atom is -0.494 e. The standard InChI is InChI=1S/C12H11NO2/c1-14-12-7-3-2-6-11(12)13-9-10-5-4-8-15-10/h2-9H,1H3. The lowest BCUT2D eigenvalue weighted by atomic mass is 10.3. The van der Waals surface area contributed by atoms with Gasteiger partial charge in [-0.25, -0.2) is 4.99 Å². The van der Waals surface area contributed by atoms with E-state index in [0.717, 1.165) is 17.2 Å². The van der Waals surface area contributed by atoms with Crippen LogP contribution in [0.5, 0.6) is 5.75 Å². The molecule has 0 saturated carbocycles.